The smallest absolute Gasteiger partial charge is 0.332 e. The van der Waals surface area contributed by atoms with Gasteiger partial charge in [-0.25, -0.2) is 9.59 Å². The Kier molecular flexibility index (Phi) is 11.3. The maximum absolute atomic E-state index is 12.8. The Hall–Kier alpha value is -3.20. The summed E-state index contributed by atoms with van der Waals surface area (Å²) in [6.07, 6.45) is 1.49. The summed E-state index contributed by atoms with van der Waals surface area (Å²) in [6, 6.07) is 9.24. The molecule has 0 bridgehead atoms. The summed E-state index contributed by atoms with van der Waals surface area (Å²) < 4.78 is 9.80. The number of nitrogens with zero attached hydrogens (tertiary/aromatic N) is 2. The summed E-state index contributed by atoms with van der Waals surface area (Å²) in [5.41, 5.74) is -0.168. The fourth-order valence-electron chi connectivity index (χ4n) is 3.57. The molecule has 1 heterocycles. The maximum atomic E-state index is 12.8. The predicted octanol–water partition coefficient (Wildman–Crippen LogP) is 2.65. The Morgan fingerprint density at radius 2 is 1.64 bits per heavy atom. The predicted molar refractivity (Wildman–Crippen MR) is 124 cm³/mol. The quantitative estimate of drug-likeness (QED) is 0.463. The number of para-hydroxylation sites is 1. The molecular formula is C24H34N2O7. The molecule has 1 aromatic carbocycles. The number of methoxy groups -OCH3 is 2. The number of rotatable bonds is 8. The van der Waals surface area contributed by atoms with E-state index in [2.05, 4.69) is 16.2 Å². The van der Waals surface area contributed by atoms with E-state index in [9.17, 15) is 19.2 Å². The number of carbonyl (C=O) groups is 4. The molecule has 1 aromatic rings. The van der Waals surface area contributed by atoms with Crippen molar-refractivity contribution in [3.05, 3.63) is 42.5 Å². The maximum Gasteiger partial charge on any atom is 0.332 e. The van der Waals surface area contributed by atoms with Crippen LogP contribution < -0.4 is 4.90 Å². The lowest BCUT2D eigenvalue weighted by Gasteiger charge is -2.46. The zero-order chi connectivity index (χ0) is 25.0. The molecule has 9 heteroatoms. The van der Waals surface area contributed by atoms with Crippen molar-refractivity contribution in [2.24, 2.45) is 0 Å². The number of benzene rings is 1. The minimum absolute atomic E-state index is 0.116. The molecule has 1 saturated heterocycles. The second-order valence-corrected chi connectivity index (χ2v) is 7.69. The number of ether oxygens (including phenoxy) is 2. The number of aliphatic carboxylic acids is 1. The van der Waals surface area contributed by atoms with E-state index in [0.29, 0.717) is 51.0 Å². The fraction of sp³-hybridized carbons (Fsp3) is 0.500. The second kappa shape index (κ2) is 13.4. The van der Waals surface area contributed by atoms with Gasteiger partial charge in [-0.15, -0.1) is 0 Å². The molecule has 0 saturated carbocycles. The van der Waals surface area contributed by atoms with Crippen molar-refractivity contribution in [1.29, 1.82) is 0 Å². The normalized spacial score (nSPS) is 14.8. The number of carboxylic acids is 1. The summed E-state index contributed by atoms with van der Waals surface area (Å²) in [5, 5.41) is 7.89. The van der Waals surface area contributed by atoms with Gasteiger partial charge in [0.05, 0.1) is 20.6 Å². The number of carbonyl (C=O) groups excluding carboxylic acids is 3. The van der Waals surface area contributed by atoms with E-state index in [1.165, 1.54) is 21.1 Å². The highest BCUT2D eigenvalue weighted by Gasteiger charge is 2.49. The lowest BCUT2D eigenvalue weighted by atomic mass is 9.84. The molecule has 33 heavy (non-hydrogen) atoms. The Morgan fingerprint density at radius 1 is 1.09 bits per heavy atom. The van der Waals surface area contributed by atoms with Gasteiger partial charge >= 0.3 is 17.9 Å². The zero-order valence-corrected chi connectivity index (χ0v) is 19.8. The highest BCUT2D eigenvalue weighted by molar-refractivity contribution is 6.02. The number of hydrogen-bond donors (Lipinski definition) is 1. The van der Waals surface area contributed by atoms with Crippen LogP contribution in [0.2, 0.25) is 0 Å². The number of carboxylic acid groups (broad SMARTS) is 1. The first-order valence-electron chi connectivity index (χ1n) is 10.8. The van der Waals surface area contributed by atoms with Crippen LogP contribution in [0.1, 0.15) is 39.5 Å². The lowest BCUT2D eigenvalue weighted by molar-refractivity contribution is -0.151. The first kappa shape index (κ1) is 27.8. The highest BCUT2D eigenvalue weighted by atomic mass is 16.5. The molecule has 2 rings (SSSR count). The van der Waals surface area contributed by atoms with Crippen LogP contribution in [0, 0.1) is 0 Å². The third kappa shape index (κ3) is 7.71. The molecular weight excluding hydrogens is 428 g/mol. The first-order valence-corrected chi connectivity index (χ1v) is 10.8. The summed E-state index contributed by atoms with van der Waals surface area (Å²) in [4.78, 5) is 50.3. The van der Waals surface area contributed by atoms with Crippen molar-refractivity contribution >= 4 is 29.5 Å². The van der Waals surface area contributed by atoms with Gasteiger partial charge in [-0.2, -0.15) is 0 Å². The minimum atomic E-state index is -1.04. The molecule has 182 valence electrons. The van der Waals surface area contributed by atoms with Crippen molar-refractivity contribution in [3.63, 3.8) is 0 Å². The Morgan fingerprint density at radius 3 is 2.06 bits per heavy atom. The van der Waals surface area contributed by atoms with Crippen LogP contribution in [0.5, 0.6) is 0 Å². The van der Waals surface area contributed by atoms with Gasteiger partial charge in [0.25, 0.3) is 0 Å². The van der Waals surface area contributed by atoms with E-state index >= 15 is 0 Å². The molecule has 1 amide bonds. The lowest BCUT2D eigenvalue weighted by Crippen LogP contribution is -2.62. The molecule has 1 aliphatic heterocycles. The molecule has 1 aliphatic rings. The van der Waals surface area contributed by atoms with E-state index in [4.69, 9.17) is 9.84 Å². The number of piperidine rings is 1. The van der Waals surface area contributed by atoms with Gasteiger partial charge < -0.3 is 19.5 Å². The molecule has 0 spiro atoms. The Balaban J connectivity index is 0.000000801. The van der Waals surface area contributed by atoms with Crippen molar-refractivity contribution in [2.45, 2.75) is 45.1 Å². The van der Waals surface area contributed by atoms with Gasteiger partial charge in [0.1, 0.15) is 5.54 Å². The molecule has 1 fully saturated rings. The van der Waals surface area contributed by atoms with Crippen LogP contribution in [0.3, 0.4) is 0 Å². The second-order valence-electron chi connectivity index (χ2n) is 7.69. The van der Waals surface area contributed by atoms with Crippen molar-refractivity contribution in [1.82, 2.24) is 4.90 Å². The van der Waals surface area contributed by atoms with Crippen LogP contribution in [-0.4, -0.2) is 73.2 Å². The van der Waals surface area contributed by atoms with Crippen molar-refractivity contribution < 1.29 is 33.8 Å². The summed E-state index contributed by atoms with van der Waals surface area (Å²) in [5.74, 6) is -1.71. The topological polar surface area (TPSA) is 113 Å². The zero-order valence-electron chi connectivity index (χ0n) is 19.8. The van der Waals surface area contributed by atoms with Gasteiger partial charge in [0, 0.05) is 37.3 Å². The molecule has 0 aromatic heterocycles. The number of amides is 1. The average molecular weight is 463 g/mol. The largest absolute Gasteiger partial charge is 0.478 e. The van der Waals surface area contributed by atoms with Gasteiger partial charge in [-0.1, -0.05) is 31.7 Å². The Bertz CT molecular complexity index is 818. The minimum Gasteiger partial charge on any atom is -0.478 e. The molecule has 0 atom stereocenters. The summed E-state index contributed by atoms with van der Waals surface area (Å²) in [7, 11) is 2.72. The van der Waals surface area contributed by atoms with Crippen LogP contribution in [0.4, 0.5) is 5.69 Å². The fourth-order valence-corrected chi connectivity index (χ4v) is 3.57. The third-order valence-corrected chi connectivity index (χ3v) is 5.47. The van der Waals surface area contributed by atoms with E-state index in [1.54, 1.807) is 11.8 Å². The van der Waals surface area contributed by atoms with E-state index in [1.807, 2.05) is 30.3 Å². The van der Waals surface area contributed by atoms with Crippen LogP contribution >= 0.6 is 0 Å². The van der Waals surface area contributed by atoms with Gasteiger partial charge in [-0.3, -0.25) is 14.5 Å². The average Bonchev–Trinajstić information content (AvgIpc) is 2.83. The number of anilines is 1. The van der Waals surface area contributed by atoms with E-state index in [0.717, 1.165) is 0 Å². The van der Waals surface area contributed by atoms with Crippen molar-refractivity contribution in [2.75, 3.05) is 38.8 Å². The summed E-state index contributed by atoms with van der Waals surface area (Å²) in [6.45, 7) is 8.13. The van der Waals surface area contributed by atoms with Crippen LogP contribution in [0.15, 0.2) is 42.5 Å². The van der Waals surface area contributed by atoms with Gasteiger partial charge in [0.15, 0.2) is 0 Å². The number of likely N-dealkylation sites (tertiary alicyclic amines) is 1. The molecule has 9 nitrogen and oxygen atoms in total. The molecule has 1 N–H and O–H groups in total. The van der Waals surface area contributed by atoms with Gasteiger partial charge in [0.2, 0.25) is 5.91 Å². The highest BCUT2D eigenvalue weighted by Crippen LogP contribution is 2.35. The summed E-state index contributed by atoms with van der Waals surface area (Å²) >= 11 is 0. The first-order chi connectivity index (χ1) is 15.6. The van der Waals surface area contributed by atoms with Crippen LogP contribution in [0.25, 0.3) is 0 Å². The SMILES string of the molecule is C=C(C)C(=O)O.CCC(=O)N(c1ccccc1)C1(C(=O)OC)CCN(CCC(=O)OC)CC1. The monoisotopic (exact) mass is 462 g/mol. The van der Waals surface area contributed by atoms with Gasteiger partial charge in [-0.05, 0) is 31.9 Å². The molecule has 0 aliphatic carbocycles. The van der Waals surface area contributed by atoms with Crippen molar-refractivity contribution in [3.8, 4) is 0 Å². The van der Waals surface area contributed by atoms with E-state index < -0.39 is 17.5 Å². The van der Waals surface area contributed by atoms with E-state index in [-0.39, 0.29) is 17.4 Å². The third-order valence-electron chi connectivity index (χ3n) is 5.47. The molecule has 0 unspecified atom stereocenters. The number of hydrogen-bond acceptors (Lipinski definition) is 7. The number of esters is 2. The Labute approximate surface area is 194 Å². The standard InChI is InChI=1S/C20H28N2O5.C4H6O2/c1-4-17(23)22(16-8-6-5-7-9-16)20(19(25)27-3)11-14-21(15-12-20)13-10-18(24)26-2;1-3(2)4(5)6/h5-9H,4,10-15H2,1-3H3;1H2,2H3,(H,5,6). The van der Waals surface area contributed by atoms with Crippen LogP contribution in [-0.2, 0) is 28.7 Å². The molecule has 0 radical (unpaired) electrons.